The first-order valence-electron chi connectivity index (χ1n) is 4.85. The van der Waals surface area contributed by atoms with E-state index in [-0.39, 0.29) is 0 Å². The SMILES string of the molecule is C[C@@H]1NCC[C@@H]1N1CCCC1. The van der Waals surface area contributed by atoms with Crippen LogP contribution >= 0.6 is 0 Å². The van der Waals surface area contributed by atoms with Crippen molar-refractivity contribution in [3.63, 3.8) is 0 Å². The van der Waals surface area contributed by atoms with Crippen molar-refractivity contribution in [2.45, 2.75) is 38.3 Å². The Balaban J connectivity index is 1.92. The maximum Gasteiger partial charge on any atom is 0.0258 e. The van der Waals surface area contributed by atoms with Gasteiger partial charge in [0.05, 0.1) is 0 Å². The fraction of sp³-hybridized carbons (Fsp3) is 1.00. The monoisotopic (exact) mass is 154 g/mol. The van der Waals surface area contributed by atoms with E-state index in [1.165, 1.54) is 38.9 Å². The Hall–Kier alpha value is -0.0800. The van der Waals surface area contributed by atoms with E-state index in [4.69, 9.17) is 0 Å². The molecular weight excluding hydrogens is 136 g/mol. The summed E-state index contributed by atoms with van der Waals surface area (Å²) in [5.74, 6) is 0. The maximum atomic E-state index is 3.50. The van der Waals surface area contributed by atoms with E-state index in [1.54, 1.807) is 0 Å². The molecule has 2 aliphatic heterocycles. The summed E-state index contributed by atoms with van der Waals surface area (Å²) in [5.41, 5.74) is 0. The topological polar surface area (TPSA) is 15.3 Å². The lowest BCUT2D eigenvalue weighted by molar-refractivity contribution is 0.229. The van der Waals surface area contributed by atoms with E-state index in [9.17, 15) is 0 Å². The summed E-state index contributed by atoms with van der Waals surface area (Å²) in [6, 6.07) is 1.57. The van der Waals surface area contributed by atoms with Crippen molar-refractivity contribution in [1.29, 1.82) is 0 Å². The Labute approximate surface area is 69.0 Å². The molecule has 2 fully saturated rings. The molecule has 1 N–H and O–H groups in total. The van der Waals surface area contributed by atoms with Gasteiger partial charge in [0.2, 0.25) is 0 Å². The number of hydrogen-bond acceptors (Lipinski definition) is 2. The predicted molar refractivity (Wildman–Crippen MR) is 46.7 cm³/mol. The zero-order valence-corrected chi connectivity index (χ0v) is 7.34. The van der Waals surface area contributed by atoms with Crippen molar-refractivity contribution >= 4 is 0 Å². The van der Waals surface area contributed by atoms with Crippen molar-refractivity contribution in [3.8, 4) is 0 Å². The van der Waals surface area contributed by atoms with Crippen LogP contribution in [-0.4, -0.2) is 36.6 Å². The molecule has 2 saturated heterocycles. The summed E-state index contributed by atoms with van der Waals surface area (Å²) in [7, 11) is 0. The van der Waals surface area contributed by atoms with Crippen LogP contribution in [0.1, 0.15) is 26.2 Å². The van der Waals surface area contributed by atoms with Crippen molar-refractivity contribution in [2.24, 2.45) is 0 Å². The molecule has 0 unspecified atom stereocenters. The Morgan fingerprint density at radius 3 is 2.55 bits per heavy atom. The molecule has 2 nitrogen and oxygen atoms in total. The minimum absolute atomic E-state index is 0.730. The minimum Gasteiger partial charge on any atom is -0.313 e. The molecule has 0 amide bonds. The summed E-state index contributed by atoms with van der Waals surface area (Å²) in [5, 5.41) is 3.50. The molecule has 64 valence electrons. The van der Waals surface area contributed by atoms with E-state index in [2.05, 4.69) is 17.1 Å². The molecular formula is C9H18N2. The molecule has 2 aliphatic rings. The highest BCUT2D eigenvalue weighted by molar-refractivity contribution is 4.89. The molecule has 2 heterocycles. The fourth-order valence-electron chi connectivity index (χ4n) is 2.42. The Kier molecular flexibility index (Phi) is 2.14. The highest BCUT2D eigenvalue weighted by Gasteiger charge is 2.29. The lowest BCUT2D eigenvalue weighted by atomic mass is 10.1. The molecule has 2 atom stereocenters. The largest absolute Gasteiger partial charge is 0.313 e. The number of hydrogen-bond donors (Lipinski definition) is 1. The normalized spacial score (nSPS) is 40.1. The van der Waals surface area contributed by atoms with E-state index in [0.717, 1.165) is 12.1 Å². The van der Waals surface area contributed by atoms with Gasteiger partial charge in [-0.15, -0.1) is 0 Å². The van der Waals surface area contributed by atoms with Crippen LogP contribution in [0.5, 0.6) is 0 Å². The standard InChI is InChI=1S/C9H18N2/c1-8-9(4-5-10-8)11-6-2-3-7-11/h8-10H,2-7H2,1H3/t8-,9-/m0/s1. The third-order valence-electron chi connectivity index (χ3n) is 3.09. The van der Waals surface area contributed by atoms with Gasteiger partial charge >= 0.3 is 0 Å². The van der Waals surface area contributed by atoms with Crippen LogP contribution in [-0.2, 0) is 0 Å². The van der Waals surface area contributed by atoms with Crippen LogP contribution in [0, 0.1) is 0 Å². The summed E-state index contributed by atoms with van der Waals surface area (Å²) in [6.07, 6.45) is 4.20. The second kappa shape index (κ2) is 3.11. The summed E-state index contributed by atoms with van der Waals surface area (Å²) >= 11 is 0. The first-order valence-corrected chi connectivity index (χ1v) is 4.85. The summed E-state index contributed by atoms with van der Waals surface area (Å²) < 4.78 is 0. The lowest BCUT2D eigenvalue weighted by Gasteiger charge is -2.26. The molecule has 0 aromatic carbocycles. The van der Waals surface area contributed by atoms with Crippen LogP contribution in [0.25, 0.3) is 0 Å². The molecule has 0 radical (unpaired) electrons. The van der Waals surface area contributed by atoms with E-state index in [0.29, 0.717) is 0 Å². The average molecular weight is 154 g/mol. The third kappa shape index (κ3) is 1.42. The zero-order chi connectivity index (χ0) is 7.68. The number of nitrogens with zero attached hydrogens (tertiary/aromatic N) is 1. The van der Waals surface area contributed by atoms with Crippen LogP contribution in [0.15, 0.2) is 0 Å². The Morgan fingerprint density at radius 2 is 2.00 bits per heavy atom. The van der Waals surface area contributed by atoms with Crippen molar-refractivity contribution in [1.82, 2.24) is 10.2 Å². The van der Waals surface area contributed by atoms with Gasteiger partial charge in [-0.1, -0.05) is 0 Å². The van der Waals surface area contributed by atoms with Crippen LogP contribution in [0.4, 0.5) is 0 Å². The van der Waals surface area contributed by atoms with Gasteiger partial charge in [0.1, 0.15) is 0 Å². The van der Waals surface area contributed by atoms with Gasteiger partial charge in [0.25, 0.3) is 0 Å². The molecule has 11 heavy (non-hydrogen) atoms. The minimum atomic E-state index is 0.730. The van der Waals surface area contributed by atoms with E-state index in [1.807, 2.05) is 0 Å². The van der Waals surface area contributed by atoms with Crippen LogP contribution in [0.3, 0.4) is 0 Å². The van der Waals surface area contributed by atoms with Gasteiger partial charge in [-0.25, -0.2) is 0 Å². The predicted octanol–water partition coefficient (Wildman–Crippen LogP) is 0.833. The number of rotatable bonds is 1. The Bertz CT molecular complexity index is 130. The summed E-state index contributed by atoms with van der Waals surface area (Å²) in [6.45, 7) is 6.23. The average Bonchev–Trinajstić information content (AvgIpc) is 2.55. The fourth-order valence-corrected chi connectivity index (χ4v) is 2.42. The van der Waals surface area contributed by atoms with Gasteiger partial charge in [-0.3, -0.25) is 4.90 Å². The second-order valence-electron chi connectivity index (χ2n) is 3.84. The molecule has 2 heteroatoms. The molecule has 0 saturated carbocycles. The third-order valence-corrected chi connectivity index (χ3v) is 3.09. The number of nitrogens with one attached hydrogen (secondary N) is 1. The molecule has 0 bridgehead atoms. The van der Waals surface area contributed by atoms with E-state index < -0.39 is 0 Å². The zero-order valence-electron chi connectivity index (χ0n) is 7.34. The van der Waals surface area contributed by atoms with Crippen LogP contribution < -0.4 is 5.32 Å². The molecule has 0 aliphatic carbocycles. The highest BCUT2D eigenvalue weighted by Crippen LogP contribution is 2.19. The highest BCUT2D eigenvalue weighted by atomic mass is 15.2. The van der Waals surface area contributed by atoms with E-state index >= 15 is 0 Å². The molecule has 2 rings (SSSR count). The van der Waals surface area contributed by atoms with Crippen molar-refractivity contribution in [3.05, 3.63) is 0 Å². The molecule has 0 spiro atoms. The second-order valence-corrected chi connectivity index (χ2v) is 3.84. The van der Waals surface area contributed by atoms with Gasteiger partial charge < -0.3 is 5.32 Å². The van der Waals surface area contributed by atoms with Gasteiger partial charge in [-0.05, 0) is 45.8 Å². The molecule has 0 aromatic rings. The van der Waals surface area contributed by atoms with Crippen molar-refractivity contribution in [2.75, 3.05) is 19.6 Å². The van der Waals surface area contributed by atoms with Gasteiger partial charge in [0.15, 0.2) is 0 Å². The lowest BCUT2D eigenvalue weighted by Crippen LogP contribution is -2.40. The van der Waals surface area contributed by atoms with Crippen molar-refractivity contribution < 1.29 is 0 Å². The first kappa shape index (κ1) is 7.56. The smallest absolute Gasteiger partial charge is 0.0258 e. The maximum absolute atomic E-state index is 3.50. The molecule has 0 aromatic heterocycles. The number of likely N-dealkylation sites (tertiary alicyclic amines) is 1. The van der Waals surface area contributed by atoms with Gasteiger partial charge in [-0.2, -0.15) is 0 Å². The van der Waals surface area contributed by atoms with Crippen LogP contribution in [0.2, 0.25) is 0 Å². The Morgan fingerprint density at radius 1 is 1.27 bits per heavy atom. The first-order chi connectivity index (χ1) is 5.38. The quantitative estimate of drug-likeness (QED) is 0.602. The van der Waals surface area contributed by atoms with Gasteiger partial charge in [0, 0.05) is 12.1 Å². The summed E-state index contributed by atoms with van der Waals surface area (Å²) in [4.78, 5) is 2.66.